The third-order valence-corrected chi connectivity index (χ3v) is 1.64. The first-order valence-electron chi connectivity index (χ1n) is 3.93. The standard InChI is InChI=1S/C8H8ClFN2O2/c1-3-14-8(13)6-5(10)7(9)12-4(2)11-6/h3H2,1-2H3. The van der Waals surface area contributed by atoms with Crippen LogP contribution in [0.2, 0.25) is 5.15 Å². The van der Waals surface area contributed by atoms with Gasteiger partial charge in [-0.15, -0.1) is 0 Å². The first-order valence-corrected chi connectivity index (χ1v) is 4.30. The second-order valence-corrected chi connectivity index (χ2v) is 2.80. The highest BCUT2D eigenvalue weighted by molar-refractivity contribution is 6.29. The molecule has 0 aliphatic carbocycles. The van der Waals surface area contributed by atoms with Crippen LogP contribution in [-0.4, -0.2) is 22.5 Å². The smallest absolute Gasteiger partial charge is 0.360 e. The monoisotopic (exact) mass is 218 g/mol. The van der Waals surface area contributed by atoms with Gasteiger partial charge in [0.2, 0.25) is 0 Å². The number of esters is 1. The minimum absolute atomic E-state index is 0.152. The molecule has 0 bridgehead atoms. The Labute approximate surface area is 85.1 Å². The molecule has 1 heterocycles. The van der Waals surface area contributed by atoms with Crippen molar-refractivity contribution in [2.24, 2.45) is 0 Å². The van der Waals surface area contributed by atoms with E-state index in [-0.39, 0.29) is 17.6 Å². The van der Waals surface area contributed by atoms with Crippen molar-refractivity contribution in [2.75, 3.05) is 6.61 Å². The van der Waals surface area contributed by atoms with Crippen molar-refractivity contribution in [3.8, 4) is 0 Å². The Balaban J connectivity index is 3.13. The number of ether oxygens (including phenoxy) is 1. The van der Waals surface area contributed by atoms with Crippen molar-refractivity contribution in [3.63, 3.8) is 0 Å². The van der Waals surface area contributed by atoms with Crippen LogP contribution in [-0.2, 0) is 4.74 Å². The molecule has 0 saturated carbocycles. The Morgan fingerprint density at radius 3 is 2.79 bits per heavy atom. The predicted octanol–water partition coefficient (Wildman–Crippen LogP) is 1.75. The third-order valence-electron chi connectivity index (χ3n) is 1.39. The van der Waals surface area contributed by atoms with Gasteiger partial charge in [0.15, 0.2) is 16.7 Å². The maximum absolute atomic E-state index is 13.2. The van der Waals surface area contributed by atoms with E-state index in [9.17, 15) is 9.18 Å². The largest absolute Gasteiger partial charge is 0.461 e. The molecule has 0 unspecified atom stereocenters. The molecule has 76 valence electrons. The first kappa shape index (κ1) is 10.8. The summed E-state index contributed by atoms with van der Waals surface area (Å²) in [5.74, 6) is -1.56. The van der Waals surface area contributed by atoms with Crippen LogP contribution in [0.1, 0.15) is 23.2 Å². The highest BCUT2D eigenvalue weighted by Crippen LogP contribution is 2.15. The van der Waals surface area contributed by atoms with E-state index in [4.69, 9.17) is 11.6 Å². The van der Waals surface area contributed by atoms with E-state index in [0.717, 1.165) is 0 Å². The van der Waals surface area contributed by atoms with Crippen LogP contribution in [0.5, 0.6) is 0 Å². The molecule has 0 aromatic carbocycles. The molecule has 0 aliphatic heterocycles. The van der Waals surface area contributed by atoms with Crippen molar-refractivity contribution in [1.29, 1.82) is 0 Å². The zero-order valence-corrected chi connectivity index (χ0v) is 8.43. The fourth-order valence-electron chi connectivity index (χ4n) is 0.859. The molecular weight excluding hydrogens is 211 g/mol. The number of halogens is 2. The van der Waals surface area contributed by atoms with Gasteiger partial charge in [-0.25, -0.2) is 19.2 Å². The topological polar surface area (TPSA) is 52.1 Å². The highest BCUT2D eigenvalue weighted by Gasteiger charge is 2.19. The third kappa shape index (κ3) is 2.17. The van der Waals surface area contributed by atoms with Gasteiger partial charge in [-0.3, -0.25) is 0 Å². The first-order chi connectivity index (χ1) is 6.56. The van der Waals surface area contributed by atoms with Crippen LogP contribution in [0.3, 0.4) is 0 Å². The molecule has 14 heavy (non-hydrogen) atoms. The number of rotatable bonds is 2. The van der Waals surface area contributed by atoms with Crippen molar-refractivity contribution >= 4 is 17.6 Å². The maximum atomic E-state index is 13.2. The summed E-state index contributed by atoms with van der Waals surface area (Å²) in [6.07, 6.45) is 0. The SMILES string of the molecule is CCOC(=O)c1nc(C)nc(Cl)c1F. The number of hydrogen-bond donors (Lipinski definition) is 0. The number of carbonyl (C=O) groups is 1. The molecule has 0 amide bonds. The lowest BCUT2D eigenvalue weighted by atomic mass is 10.4. The number of carbonyl (C=O) groups excluding carboxylic acids is 1. The summed E-state index contributed by atoms with van der Waals surface area (Å²) in [4.78, 5) is 18.3. The quantitative estimate of drug-likeness (QED) is 0.561. The molecule has 0 fully saturated rings. The summed E-state index contributed by atoms with van der Waals surface area (Å²) in [5, 5.41) is -0.374. The van der Waals surface area contributed by atoms with E-state index in [2.05, 4.69) is 14.7 Å². The van der Waals surface area contributed by atoms with Crippen LogP contribution >= 0.6 is 11.6 Å². The van der Waals surface area contributed by atoms with Gasteiger partial charge in [0, 0.05) is 0 Å². The van der Waals surface area contributed by atoms with Crippen LogP contribution in [0.4, 0.5) is 4.39 Å². The molecule has 0 saturated heterocycles. The van der Waals surface area contributed by atoms with E-state index in [1.54, 1.807) is 6.92 Å². The summed E-state index contributed by atoms with van der Waals surface area (Å²) in [7, 11) is 0. The molecular formula is C8H8ClFN2O2. The lowest BCUT2D eigenvalue weighted by Gasteiger charge is -2.03. The summed E-state index contributed by atoms with van der Waals surface area (Å²) < 4.78 is 17.8. The lowest BCUT2D eigenvalue weighted by molar-refractivity contribution is 0.0513. The number of nitrogens with zero attached hydrogens (tertiary/aromatic N) is 2. The fraction of sp³-hybridized carbons (Fsp3) is 0.375. The van der Waals surface area contributed by atoms with Gasteiger partial charge in [-0.1, -0.05) is 11.6 Å². The Morgan fingerprint density at radius 2 is 2.21 bits per heavy atom. The average molecular weight is 219 g/mol. The average Bonchev–Trinajstić information content (AvgIpc) is 2.11. The molecule has 4 nitrogen and oxygen atoms in total. The van der Waals surface area contributed by atoms with Gasteiger partial charge < -0.3 is 4.74 Å². The Morgan fingerprint density at radius 1 is 1.57 bits per heavy atom. The van der Waals surface area contributed by atoms with Crippen LogP contribution in [0, 0.1) is 12.7 Å². The Bertz CT molecular complexity index is 371. The van der Waals surface area contributed by atoms with Gasteiger partial charge >= 0.3 is 5.97 Å². The van der Waals surface area contributed by atoms with Gasteiger partial charge in [0.05, 0.1) is 6.61 Å². The summed E-state index contributed by atoms with van der Waals surface area (Å²) in [6.45, 7) is 3.28. The lowest BCUT2D eigenvalue weighted by Crippen LogP contribution is -2.12. The molecule has 6 heteroatoms. The van der Waals surface area contributed by atoms with Gasteiger partial charge in [-0.2, -0.15) is 0 Å². The molecule has 0 radical (unpaired) electrons. The zero-order chi connectivity index (χ0) is 10.7. The minimum Gasteiger partial charge on any atom is -0.461 e. The molecule has 0 atom stereocenters. The highest BCUT2D eigenvalue weighted by atomic mass is 35.5. The maximum Gasteiger partial charge on any atom is 0.360 e. The molecule has 1 rings (SSSR count). The predicted molar refractivity (Wildman–Crippen MR) is 47.7 cm³/mol. The van der Waals surface area contributed by atoms with Crippen LogP contribution < -0.4 is 0 Å². The molecule has 0 N–H and O–H groups in total. The normalized spacial score (nSPS) is 10.0. The van der Waals surface area contributed by atoms with Crippen molar-refractivity contribution in [3.05, 3.63) is 22.5 Å². The van der Waals surface area contributed by atoms with Crippen molar-refractivity contribution < 1.29 is 13.9 Å². The van der Waals surface area contributed by atoms with E-state index in [1.807, 2.05) is 0 Å². The number of aryl methyl sites for hydroxylation is 1. The summed E-state index contributed by atoms with van der Waals surface area (Å²) in [6, 6.07) is 0. The summed E-state index contributed by atoms with van der Waals surface area (Å²) in [5.41, 5.74) is -0.427. The number of aromatic nitrogens is 2. The molecule has 0 spiro atoms. The molecule has 0 aliphatic rings. The van der Waals surface area contributed by atoms with Gasteiger partial charge in [-0.05, 0) is 13.8 Å². The van der Waals surface area contributed by atoms with Gasteiger partial charge in [0.25, 0.3) is 0 Å². The van der Waals surface area contributed by atoms with Crippen molar-refractivity contribution in [2.45, 2.75) is 13.8 Å². The Hall–Kier alpha value is -1.23. The van der Waals surface area contributed by atoms with E-state index in [0.29, 0.717) is 0 Å². The van der Waals surface area contributed by atoms with E-state index >= 15 is 0 Å². The Kier molecular flexibility index (Phi) is 3.35. The van der Waals surface area contributed by atoms with Gasteiger partial charge in [0.1, 0.15) is 5.82 Å². The van der Waals surface area contributed by atoms with Crippen LogP contribution in [0.25, 0.3) is 0 Å². The minimum atomic E-state index is -0.948. The zero-order valence-electron chi connectivity index (χ0n) is 7.67. The van der Waals surface area contributed by atoms with E-state index in [1.165, 1.54) is 6.92 Å². The number of hydrogen-bond acceptors (Lipinski definition) is 4. The molecule has 1 aromatic rings. The second-order valence-electron chi connectivity index (χ2n) is 2.44. The van der Waals surface area contributed by atoms with E-state index < -0.39 is 17.5 Å². The second kappa shape index (κ2) is 4.32. The van der Waals surface area contributed by atoms with Crippen LogP contribution in [0.15, 0.2) is 0 Å². The van der Waals surface area contributed by atoms with Crippen molar-refractivity contribution in [1.82, 2.24) is 9.97 Å². The summed E-state index contributed by atoms with van der Waals surface area (Å²) >= 11 is 5.43. The molecule has 1 aromatic heterocycles. The fourth-order valence-corrected chi connectivity index (χ4v) is 1.07.